The molecule has 4 nitrogen and oxygen atoms in total. The van der Waals surface area contributed by atoms with E-state index in [-0.39, 0.29) is 0 Å². The Morgan fingerprint density at radius 3 is 2.71 bits per heavy atom. The number of benzene rings is 1. The Morgan fingerprint density at radius 2 is 2.18 bits per heavy atom. The highest BCUT2D eigenvalue weighted by atomic mass is 79.9. The summed E-state index contributed by atoms with van der Waals surface area (Å²) < 4.78 is 0.938. The van der Waals surface area contributed by atoms with Gasteiger partial charge in [0, 0.05) is 10.9 Å². The molecule has 1 aromatic carbocycles. The summed E-state index contributed by atoms with van der Waals surface area (Å²) in [6, 6.07) is 8.88. The van der Waals surface area contributed by atoms with Crippen LogP contribution in [-0.4, -0.2) is 21.0 Å². The topological polar surface area (TPSA) is 55.1 Å². The van der Waals surface area contributed by atoms with Gasteiger partial charge in [0.15, 0.2) is 0 Å². The fourth-order valence-corrected chi connectivity index (χ4v) is 2.11. The second-order valence-corrected chi connectivity index (χ2v) is 4.30. The van der Waals surface area contributed by atoms with Gasteiger partial charge in [-0.15, -0.1) is 0 Å². The van der Waals surface area contributed by atoms with Crippen LogP contribution in [0.25, 0.3) is 11.3 Å². The highest BCUT2D eigenvalue weighted by Crippen LogP contribution is 2.27. The second kappa shape index (κ2) is 4.89. The van der Waals surface area contributed by atoms with Crippen molar-refractivity contribution in [2.24, 2.45) is 0 Å². The number of hydrogen-bond acceptors (Lipinski definition) is 2. The Balaban J connectivity index is 2.54. The molecule has 0 aliphatic rings. The summed E-state index contributed by atoms with van der Waals surface area (Å²) in [6.07, 6.45) is -1.11. The summed E-state index contributed by atoms with van der Waals surface area (Å²) in [6.45, 7) is 0. The highest BCUT2D eigenvalue weighted by Gasteiger charge is 2.14. The third-order valence-electron chi connectivity index (χ3n) is 2.25. The molecule has 0 saturated carbocycles. The van der Waals surface area contributed by atoms with E-state index in [0.29, 0.717) is 21.7 Å². The van der Waals surface area contributed by atoms with Gasteiger partial charge in [0.1, 0.15) is 0 Å². The van der Waals surface area contributed by atoms with E-state index < -0.39 is 6.09 Å². The van der Waals surface area contributed by atoms with E-state index >= 15 is 0 Å². The molecule has 0 amide bonds. The van der Waals surface area contributed by atoms with Gasteiger partial charge < -0.3 is 5.11 Å². The van der Waals surface area contributed by atoms with Crippen molar-refractivity contribution in [2.45, 2.75) is 5.33 Å². The minimum atomic E-state index is -1.11. The number of aromatic nitrogens is 2. The van der Waals surface area contributed by atoms with Gasteiger partial charge in [0.25, 0.3) is 0 Å². The smallest absolute Gasteiger partial charge is 0.432 e. The maximum Gasteiger partial charge on any atom is 0.432 e. The second-order valence-electron chi connectivity index (χ2n) is 3.33. The predicted octanol–water partition coefficient (Wildman–Crippen LogP) is 3.62. The van der Waals surface area contributed by atoms with Crippen molar-refractivity contribution < 1.29 is 9.90 Å². The molecular formula is C11H8BrClN2O2. The molecule has 17 heavy (non-hydrogen) atoms. The molecule has 6 heteroatoms. The van der Waals surface area contributed by atoms with Crippen LogP contribution >= 0.6 is 27.5 Å². The first kappa shape index (κ1) is 12.1. The van der Waals surface area contributed by atoms with Gasteiger partial charge in [-0.05, 0) is 12.1 Å². The lowest BCUT2D eigenvalue weighted by Gasteiger charge is -1.98. The summed E-state index contributed by atoms with van der Waals surface area (Å²) in [4.78, 5) is 11.0. The minimum Gasteiger partial charge on any atom is -0.463 e. The van der Waals surface area contributed by atoms with Crippen LogP contribution < -0.4 is 0 Å². The quantitative estimate of drug-likeness (QED) is 0.861. The molecule has 0 fully saturated rings. The van der Waals surface area contributed by atoms with Crippen molar-refractivity contribution in [3.8, 4) is 11.3 Å². The molecule has 0 aliphatic heterocycles. The lowest BCUT2D eigenvalue weighted by Crippen LogP contribution is -2.12. The molecule has 1 N–H and O–H groups in total. The first-order valence-corrected chi connectivity index (χ1v) is 6.26. The lowest BCUT2D eigenvalue weighted by atomic mass is 10.1. The maximum absolute atomic E-state index is 11.0. The predicted molar refractivity (Wildman–Crippen MR) is 68.7 cm³/mol. The molecule has 0 atom stereocenters. The van der Waals surface area contributed by atoms with E-state index in [1.54, 1.807) is 18.2 Å². The van der Waals surface area contributed by atoms with E-state index in [9.17, 15) is 4.79 Å². The molecule has 1 aromatic heterocycles. The number of rotatable bonds is 2. The molecule has 88 valence electrons. The SMILES string of the molecule is O=C(O)n1nc(-c2ccccc2Cl)cc1CBr. The minimum absolute atomic E-state index is 0.413. The van der Waals surface area contributed by atoms with Gasteiger partial charge in [-0.25, -0.2) is 4.79 Å². The standard InChI is InChI=1S/C11H8BrClN2O2/c12-6-7-5-10(14-15(7)11(16)17)8-3-1-2-4-9(8)13/h1-5H,6H2,(H,16,17). The van der Waals surface area contributed by atoms with E-state index in [1.807, 2.05) is 12.1 Å². The largest absolute Gasteiger partial charge is 0.463 e. The molecule has 0 aliphatic carbocycles. The van der Waals surface area contributed by atoms with Crippen molar-refractivity contribution >= 4 is 33.6 Å². The van der Waals surface area contributed by atoms with Crippen LogP contribution in [0.5, 0.6) is 0 Å². The fourth-order valence-electron chi connectivity index (χ4n) is 1.48. The van der Waals surface area contributed by atoms with E-state index in [2.05, 4.69) is 21.0 Å². The van der Waals surface area contributed by atoms with Gasteiger partial charge in [-0.1, -0.05) is 45.7 Å². The Labute approximate surface area is 111 Å². The zero-order valence-electron chi connectivity index (χ0n) is 8.60. The normalized spacial score (nSPS) is 10.5. The number of hydrogen-bond donors (Lipinski definition) is 1. The van der Waals surface area contributed by atoms with Crippen molar-refractivity contribution in [2.75, 3.05) is 0 Å². The van der Waals surface area contributed by atoms with Gasteiger partial charge in [-0.2, -0.15) is 9.78 Å². The van der Waals surface area contributed by atoms with Crippen molar-refractivity contribution in [1.29, 1.82) is 0 Å². The van der Waals surface area contributed by atoms with E-state index in [0.717, 1.165) is 10.2 Å². The van der Waals surface area contributed by atoms with Crippen LogP contribution in [0.3, 0.4) is 0 Å². The molecule has 0 bridgehead atoms. The van der Waals surface area contributed by atoms with Gasteiger partial charge in [-0.3, -0.25) is 0 Å². The van der Waals surface area contributed by atoms with Crippen LogP contribution in [-0.2, 0) is 5.33 Å². The lowest BCUT2D eigenvalue weighted by molar-refractivity contribution is 0.192. The Hall–Kier alpha value is -1.33. The summed E-state index contributed by atoms with van der Waals surface area (Å²) in [5.41, 5.74) is 1.83. The Morgan fingerprint density at radius 1 is 1.47 bits per heavy atom. The first-order valence-electron chi connectivity index (χ1n) is 4.76. The monoisotopic (exact) mass is 314 g/mol. The van der Waals surface area contributed by atoms with Crippen molar-refractivity contribution in [1.82, 2.24) is 9.78 Å². The molecule has 0 saturated heterocycles. The summed E-state index contributed by atoms with van der Waals surface area (Å²) in [5.74, 6) is 0. The van der Waals surface area contributed by atoms with Gasteiger partial charge >= 0.3 is 6.09 Å². The average molecular weight is 316 g/mol. The Kier molecular flexibility index (Phi) is 3.49. The maximum atomic E-state index is 11.0. The number of halogens is 2. The van der Waals surface area contributed by atoms with Crippen molar-refractivity contribution in [3.05, 3.63) is 41.0 Å². The fraction of sp³-hybridized carbons (Fsp3) is 0.0909. The number of carbonyl (C=O) groups is 1. The average Bonchev–Trinajstić information content (AvgIpc) is 2.73. The molecule has 2 rings (SSSR count). The first-order chi connectivity index (χ1) is 8.13. The van der Waals surface area contributed by atoms with Crippen LogP contribution in [0.2, 0.25) is 5.02 Å². The zero-order valence-corrected chi connectivity index (χ0v) is 10.9. The Bertz CT molecular complexity index is 568. The molecule has 0 unspecified atom stereocenters. The van der Waals surface area contributed by atoms with Crippen LogP contribution in [0.1, 0.15) is 5.69 Å². The number of nitrogens with zero attached hydrogens (tertiary/aromatic N) is 2. The summed E-state index contributed by atoms with van der Waals surface area (Å²) in [7, 11) is 0. The van der Waals surface area contributed by atoms with Gasteiger partial charge in [0.2, 0.25) is 0 Å². The summed E-state index contributed by atoms with van der Waals surface area (Å²) in [5, 5.41) is 13.9. The molecular weight excluding hydrogens is 307 g/mol. The number of alkyl halides is 1. The highest BCUT2D eigenvalue weighted by molar-refractivity contribution is 9.08. The summed E-state index contributed by atoms with van der Waals surface area (Å²) >= 11 is 9.26. The molecule has 1 heterocycles. The van der Waals surface area contributed by atoms with E-state index in [4.69, 9.17) is 16.7 Å². The zero-order chi connectivity index (χ0) is 12.4. The van der Waals surface area contributed by atoms with Gasteiger partial charge in [0.05, 0.1) is 16.4 Å². The number of carboxylic acid groups (broad SMARTS) is 1. The van der Waals surface area contributed by atoms with E-state index in [1.165, 1.54) is 0 Å². The molecule has 2 aromatic rings. The third-order valence-corrected chi connectivity index (χ3v) is 3.16. The molecule has 0 spiro atoms. The van der Waals surface area contributed by atoms with Crippen LogP contribution in [0, 0.1) is 0 Å². The third kappa shape index (κ3) is 2.35. The van der Waals surface area contributed by atoms with Crippen LogP contribution in [0.4, 0.5) is 4.79 Å². The van der Waals surface area contributed by atoms with Crippen LogP contribution in [0.15, 0.2) is 30.3 Å². The molecule has 0 radical (unpaired) electrons. The van der Waals surface area contributed by atoms with Crippen molar-refractivity contribution in [3.63, 3.8) is 0 Å².